The summed E-state index contributed by atoms with van der Waals surface area (Å²) >= 11 is 0. The van der Waals surface area contributed by atoms with Gasteiger partial charge < -0.3 is 15.0 Å². The van der Waals surface area contributed by atoms with E-state index in [4.69, 9.17) is 4.74 Å². The molecule has 3 heterocycles. The van der Waals surface area contributed by atoms with Crippen molar-refractivity contribution in [1.82, 2.24) is 19.7 Å². The minimum atomic E-state index is -0.348. The number of esters is 1. The van der Waals surface area contributed by atoms with Gasteiger partial charge in [0.15, 0.2) is 5.65 Å². The molecule has 142 valence electrons. The maximum atomic E-state index is 12.4. The summed E-state index contributed by atoms with van der Waals surface area (Å²) in [5.41, 5.74) is 2.88. The van der Waals surface area contributed by atoms with Gasteiger partial charge in [-0.3, -0.25) is 4.68 Å². The fourth-order valence-corrected chi connectivity index (χ4v) is 3.79. The van der Waals surface area contributed by atoms with Crippen LogP contribution in [0.1, 0.15) is 42.7 Å². The van der Waals surface area contributed by atoms with Crippen LogP contribution in [-0.2, 0) is 11.8 Å². The Labute approximate surface area is 154 Å². The Bertz CT molecular complexity index is 786. The number of piperidine rings is 1. The van der Waals surface area contributed by atoms with Gasteiger partial charge in [0, 0.05) is 32.9 Å². The second-order valence-corrected chi connectivity index (χ2v) is 7.15. The number of anilines is 1. The van der Waals surface area contributed by atoms with E-state index in [2.05, 4.69) is 27.2 Å². The van der Waals surface area contributed by atoms with E-state index in [1.54, 1.807) is 10.9 Å². The first-order chi connectivity index (χ1) is 12.5. The van der Waals surface area contributed by atoms with Crippen LogP contribution < -0.4 is 5.32 Å². The topological polar surface area (TPSA) is 72.3 Å². The van der Waals surface area contributed by atoms with E-state index in [9.17, 15) is 4.79 Å². The smallest absolute Gasteiger partial charge is 0.341 e. The molecule has 7 heteroatoms. The predicted octanol–water partition coefficient (Wildman–Crippen LogP) is 2.60. The van der Waals surface area contributed by atoms with Gasteiger partial charge in [0.2, 0.25) is 0 Å². The van der Waals surface area contributed by atoms with Crippen molar-refractivity contribution in [3.63, 3.8) is 0 Å². The van der Waals surface area contributed by atoms with Gasteiger partial charge in [-0.05, 0) is 39.2 Å². The van der Waals surface area contributed by atoms with Gasteiger partial charge in [-0.15, -0.1) is 0 Å². The Kier molecular flexibility index (Phi) is 5.76. The summed E-state index contributed by atoms with van der Waals surface area (Å²) in [5.74, 6) is 0.409. The molecule has 1 N–H and O–H groups in total. The number of nitrogens with one attached hydrogen (secondary N) is 1. The van der Waals surface area contributed by atoms with Gasteiger partial charge in [0.05, 0.1) is 23.4 Å². The van der Waals surface area contributed by atoms with Crippen molar-refractivity contribution in [3.05, 3.63) is 17.5 Å². The summed E-state index contributed by atoms with van der Waals surface area (Å²) in [4.78, 5) is 19.3. The highest BCUT2D eigenvalue weighted by Crippen LogP contribution is 2.29. The Morgan fingerprint density at radius 3 is 3.00 bits per heavy atom. The number of carbonyl (C=O) groups excluding carboxylic acids is 1. The third-order valence-corrected chi connectivity index (χ3v) is 4.99. The van der Waals surface area contributed by atoms with Crippen molar-refractivity contribution < 1.29 is 9.53 Å². The normalized spacial score (nSPS) is 18.2. The molecule has 0 amide bonds. The van der Waals surface area contributed by atoms with Gasteiger partial charge >= 0.3 is 5.97 Å². The summed E-state index contributed by atoms with van der Waals surface area (Å²) in [6, 6.07) is 0. The minimum absolute atomic E-state index is 0.341. The molecule has 0 spiro atoms. The number of fused-ring (bicyclic) bond motifs is 1. The van der Waals surface area contributed by atoms with E-state index >= 15 is 0 Å². The summed E-state index contributed by atoms with van der Waals surface area (Å²) in [5, 5.41) is 8.83. The van der Waals surface area contributed by atoms with Crippen molar-refractivity contribution in [2.75, 3.05) is 38.1 Å². The van der Waals surface area contributed by atoms with Crippen LogP contribution in [-0.4, -0.2) is 58.4 Å². The molecule has 1 fully saturated rings. The lowest BCUT2D eigenvalue weighted by molar-refractivity contribution is 0.0527. The molecule has 26 heavy (non-hydrogen) atoms. The highest BCUT2D eigenvalue weighted by molar-refractivity contribution is 6.05. The molecule has 3 rings (SSSR count). The quantitative estimate of drug-likeness (QED) is 0.800. The zero-order valence-electron chi connectivity index (χ0n) is 16.2. The molecular formula is C19H29N5O2. The number of pyridine rings is 1. The van der Waals surface area contributed by atoms with Crippen LogP contribution in [0.3, 0.4) is 0 Å². The molecular weight excluding hydrogens is 330 g/mol. The second-order valence-electron chi connectivity index (χ2n) is 7.15. The molecule has 1 aliphatic heterocycles. The molecule has 0 radical (unpaired) electrons. The van der Waals surface area contributed by atoms with Gasteiger partial charge in [0.1, 0.15) is 5.56 Å². The monoisotopic (exact) mass is 359 g/mol. The highest BCUT2D eigenvalue weighted by Gasteiger charge is 2.21. The third kappa shape index (κ3) is 3.82. The Morgan fingerprint density at radius 1 is 1.46 bits per heavy atom. The average molecular weight is 359 g/mol. The number of aryl methyl sites for hydroxylation is 2. The van der Waals surface area contributed by atoms with Gasteiger partial charge in [0.25, 0.3) is 0 Å². The van der Waals surface area contributed by atoms with E-state index < -0.39 is 0 Å². The van der Waals surface area contributed by atoms with Crippen LogP contribution in [0.4, 0.5) is 5.69 Å². The molecule has 1 saturated heterocycles. The maximum absolute atomic E-state index is 12.4. The van der Waals surface area contributed by atoms with Crippen LogP contribution in [0.2, 0.25) is 0 Å². The zero-order chi connectivity index (χ0) is 18.7. The first kappa shape index (κ1) is 18.6. The summed E-state index contributed by atoms with van der Waals surface area (Å²) in [6.45, 7) is 10.4. The van der Waals surface area contributed by atoms with Crippen LogP contribution in [0.15, 0.2) is 6.20 Å². The highest BCUT2D eigenvalue weighted by atomic mass is 16.5. The number of rotatable bonds is 6. The van der Waals surface area contributed by atoms with Gasteiger partial charge in [-0.25, -0.2) is 9.78 Å². The molecule has 7 nitrogen and oxygen atoms in total. The molecule has 0 aliphatic carbocycles. The predicted molar refractivity (Wildman–Crippen MR) is 103 cm³/mol. The number of aromatic nitrogens is 3. The molecule has 1 aliphatic rings. The minimum Gasteiger partial charge on any atom is -0.462 e. The van der Waals surface area contributed by atoms with Crippen molar-refractivity contribution in [2.24, 2.45) is 13.0 Å². The molecule has 2 aromatic rings. The SMILES string of the molecule is CCOC(=O)c1cnc2c(c(C)nn2C)c1NCCN1CCCC(C)C1. The standard InChI is InChI=1S/C19H29N5O2/c1-5-26-19(25)15-11-21-18-16(14(3)22-23(18)4)17(15)20-8-10-24-9-6-7-13(2)12-24/h11,13H,5-10,12H2,1-4H3,(H,20,21). The number of hydrogen-bond acceptors (Lipinski definition) is 6. The largest absolute Gasteiger partial charge is 0.462 e. The Hall–Kier alpha value is -2.15. The first-order valence-corrected chi connectivity index (χ1v) is 9.47. The first-order valence-electron chi connectivity index (χ1n) is 9.47. The summed E-state index contributed by atoms with van der Waals surface area (Å²) in [7, 11) is 1.87. The number of likely N-dealkylation sites (tertiary alicyclic amines) is 1. The number of hydrogen-bond donors (Lipinski definition) is 1. The lowest BCUT2D eigenvalue weighted by atomic mass is 10.0. The second kappa shape index (κ2) is 8.03. The summed E-state index contributed by atoms with van der Waals surface area (Å²) < 4.78 is 6.97. The van der Waals surface area contributed by atoms with E-state index in [0.29, 0.717) is 12.2 Å². The van der Waals surface area contributed by atoms with Crippen LogP contribution in [0, 0.1) is 12.8 Å². The van der Waals surface area contributed by atoms with Gasteiger partial charge in [-0.2, -0.15) is 5.10 Å². The van der Waals surface area contributed by atoms with Crippen LogP contribution in [0.25, 0.3) is 11.0 Å². The van der Waals surface area contributed by atoms with Crippen LogP contribution in [0.5, 0.6) is 0 Å². The van der Waals surface area contributed by atoms with E-state index in [1.165, 1.54) is 12.8 Å². The van der Waals surface area contributed by atoms with Gasteiger partial charge in [-0.1, -0.05) is 6.92 Å². The Morgan fingerprint density at radius 2 is 2.27 bits per heavy atom. The van der Waals surface area contributed by atoms with E-state index in [-0.39, 0.29) is 5.97 Å². The van der Waals surface area contributed by atoms with Crippen molar-refractivity contribution >= 4 is 22.7 Å². The Balaban J connectivity index is 1.84. The average Bonchev–Trinajstić information content (AvgIpc) is 2.90. The molecule has 0 aromatic carbocycles. The van der Waals surface area contributed by atoms with Crippen molar-refractivity contribution in [1.29, 1.82) is 0 Å². The molecule has 1 atom stereocenters. The lowest BCUT2D eigenvalue weighted by Gasteiger charge is -2.31. The number of nitrogens with zero attached hydrogens (tertiary/aromatic N) is 4. The van der Waals surface area contributed by atoms with Crippen LogP contribution >= 0.6 is 0 Å². The van der Waals surface area contributed by atoms with E-state index in [0.717, 1.165) is 54.5 Å². The molecule has 0 saturated carbocycles. The molecule has 2 aromatic heterocycles. The summed E-state index contributed by atoms with van der Waals surface area (Å²) in [6.07, 6.45) is 4.17. The zero-order valence-corrected chi connectivity index (χ0v) is 16.2. The third-order valence-electron chi connectivity index (χ3n) is 4.99. The van der Waals surface area contributed by atoms with E-state index in [1.807, 2.05) is 20.9 Å². The number of ether oxygens (including phenoxy) is 1. The fraction of sp³-hybridized carbons (Fsp3) is 0.632. The van der Waals surface area contributed by atoms with Crippen molar-refractivity contribution in [2.45, 2.75) is 33.6 Å². The maximum Gasteiger partial charge on any atom is 0.341 e. The van der Waals surface area contributed by atoms with Crippen molar-refractivity contribution in [3.8, 4) is 0 Å². The number of carbonyl (C=O) groups is 1. The molecule has 1 unspecified atom stereocenters. The fourth-order valence-electron chi connectivity index (χ4n) is 3.79. The molecule has 0 bridgehead atoms. The lowest BCUT2D eigenvalue weighted by Crippen LogP contribution is -2.37.